The molecule has 0 radical (unpaired) electrons. The molecular formula is C10H14IN3. The monoisotopic (exact) mass is 303 g/mol. The van der Waals surface area contributed by atoms with Crippen molar-refractivity contribution < 1.29 is 0 Å². The molecule has 0 heterocycles. The lowest BCUT2D eigenvalue weighted by Gasteiger charge is -2.07. The molecule has 4 heteroatoms. The third-order valence-electron chi connectivity index (χ3n) is 1.89. The molecule has 1 rings (SSSR count). The van der Waals surface area contributed by atoms with Crippen LogP contribution >= 0.6 is 22.6 Å². The van der Waals surface area contributed by atoms with Crippen LogP contribution in [-0.2, 0) is 0 Å². The van der Waals surface area contributed by atoms with Crippen molar-refractivity contribution in [2.45, 2.75) is 19.8 Å². The van der Waals surface area contributed by atoms with Gasteiger partial charge in [0, 0.05) is 3.57 Å². The Hall–Kier alpha value is -0.780. The Labute approximate surface area is 97.7 Å². The first-order valence-electron chi connectivity index (χ1n) is 4.39. The number of guanidine groups is 1. The van der Waals surface area contributed by atoms with Gasteiger partial charge in [-0.3, -0.25) is 0 Å². The lowest BCUT2D eigenvalue weighted by atomic mass is 10.0. The van der Waals surface area contributed by atoms with Gasteiger partial charge in [-0.2, -0.15) is 0 Å². The maximum Gasteiger partial charge on any atom is 0.191 e. The predicted octanol–water partition coefficient (Wildman–Crippen LogP) is 2.32. The van der Waals surface area contributed by atoms with Crippen molar-refractivity contribution in [3.63, 3.8) is 0 Å². The van der Waals surface area contributed by atoms with Gasteiger partial charge in [0.1, 0.15) is 0 Å². The van der Waals surface area contributed by atoms with Crippen molar-refractivity contribution in [3.8, 4) is 0 Å². The number of nitrogens with zero attached hydrogens (tertiary/aromatic N) is 1. The quantitative estimate of drug-likeness (QED) is 0.500. The normalized spacial score (nSPS) is 10.3. The van der Waals surface area contributed by atoms with Crippen LogP contribution in [0.25, 0.3) is 0 Å². The molecule has 0 aliphatic rings. The highest BCUT2D eigenvalue weighted by Gasteiger charge is 2.03. The largest absolute Gasteiger partial charge is 0.370 e. The van der Waals surface area contributed by atoms with Gasteiger partial charge in [-0.05, 0) is 46.2 Å². The first kappa shape index (κ1) is 11.3. The Balaban J connectivity index is 3.08. The Bertz CT molecular complexity index is 354. The van der Waals surface area contributed by atoms with Crippen molar-refractivity contribution in [1.82, 2.24) is 0 Å². The van der Waals surface area contributed by atoms with Gasteiger partial charge in [-0.1, -0.05) is 19.9 Å². The van der Waals surface area contributed by atoms with E-state index in [0.29, 0.717) is 5.92 Å². The summed E-state index contributed by atoms with van der Waals surface area (Å²) in [5.41, 5.74) is 12.8. The van der Waals surface area contributed by atoms with Crippen molar-refractivity contribution >= 4 is 34.2 Å². The summed E-state index contributed by atoms with van der Waals surface area (Å²) in [5.74, 6) is 0.622. The van der Waals surface area contributed by atoms with E-state index in [1.54, 1.807) is 0 Å². The smallest absolute Gasteiger partial charge is 0.191 e. The summed E-state index contributed by atoms with van der Waals surface area (Å²) in [5, 5.41) is 0. The van der Waals surface area contributed by atoms with Crippen LogP contribution in [0.2, 0.25) is 0 Å². The molecule has 0 aliphatic heterocycles. The van der Waals surface area contributed by atoms with Crippen LogP contribution in [0, 0.1) is 3.57 Å². The first-order chi connectivity index (χ1) is 6.50. The van der Waals surface area contributed by atoms with Crippen LogP contribution in [0.1, 0.15) is 25.3 Å². The summed E-state index contributed by atoms with van der Waals surface area (Å²) in [6.07, 6.45) is 0. The molecule has 4 N–H and O–H groups in total. The fourth-order valence-electron chi connectivity index (χ4n) is 1.11. The molecule has 3 nitrogen and oxygen atoms in total. The summed E-state index contributed by atoms with van der Waals surface area (Å²) in [6, 6.07) is 6.10. The second-order valence-electron chi connectivity index (χ2n) is 3.40. The van der Waals surface area contributed by atoms with E-state index in [-0.39, 0.29) is 5.96 Å². The maximum absolute atomic E-state index is 5.32. The molecule has 0 unspecified atom stereocenters. The summed E-state index contributed by atoms with van der Waals surface area (Å²) >= 11 is 2.23. The SMILES string of the molecule is CC(C)c1ccc(N=C(N)N)c(I)c1. The standard InChI is InChI=1S/C10H14IN3/c1-6(2)7-3-4-9(8(11)5-7)14-10(12)13/h3-6H,1-2H3,(H4,12,13,14). The van der Waals surface area contributed by atoms with Crippen molar-refractivity contribution in [1.29, 1.82) is 0 Å². The van der Waals surface area contributed by atoms with Crippen LogP contribution < -0.4 is 11.5 Å². The highest BCUT2D eigenvalue weighted by Crippen LogP contribution is 2.25. The average Bonchev–Trinajstić information content (AvgIpc) is 2.07. The van der Waals surface area contributed by atoms with Crippen molar-refractivity contribution in [2.75, 3.05) is 0 Å². The van der Waals surface area contributed by atoms with E-state index in [2.05, 4.69) is 53.6 Å². The Morgan fingerprint density at radius 3 is 2.43 bits per heavy atom. The molecule has 0 bridgehead atoms. The zero-order valence-corrected chi connectivity index (χ0v) is 10.4. The molecule has 14 heavy (non-hydrogen) atoms. The second kappa shape index (κ2) is 4.63. The number of rotatable bonds is 2. The van der Waals surface area contributed by atoms with E-state index in [4.69, 9.17) is 11.5 Å². The molecule has 0 spiro atoms. The minimum atomic E-state index is 0.0974. The van der Waals surface area contributed by atoms with Gasteiger partial charge in [0.15, 0.2) is 5.96 Å². The van der Waals surface area contributed by atoms with E-state index in [0.717, 1.165) is 9.26 Å². The zero-order chi connectivity index (χ0) is 10.7. The lowest BCUT2D eigenvalue weighted by Crippen LogP contribution is -2.22. The summed E-state index contributed by atoms with van der Waals surface area (Å²) < 4.78 is 1.07. The lowest BCUT2D eigenvalue weighted by molar-refractivity contribution is 0.865. The molecule has 0 saturated heterocycles. The molecule has 0 saturated carbocycles. The molecule has 0 amide bonds. The third kappa shape index (κ3) is 2.87. The van der Waals surface area contributed by atoms with Crippen molar-refractivity contribution in [3.05, 3.63) is 27.3 Å². The minimum absolute atomic E-state index is 0.0974. The fraction of sp³-hybridized carbons (Fsp3) is 0.300. The molecule has 1 aromatic carbocycles. The number of hydrogen-bond acceptors (Lipinski definition) is 1. The highest BCUT2D eigenvalue weighted by molar-refractivity contribution is 14.1. The van der Waals surface area contributed by atoms with E-state index in [1.807, 2.05) is 6.07 Å². The molecular weight excluding hydrogens is 289 g/mol. The number of nitrogens with two attached hydrogens (primary N) is 2. The van der Waals surface area contributed by atoms with Gasteiger partial charge in [-0.15, -0.1) is 0 Å². The van der Waals surface area contributed by atoms with E-state index in [9.17, 15) is 0 Å². The molecule has 76 valence electrons. The van der Waals surface area contributed by atoms with Gasteiger partial charge in [0.25, 0.3) is 0 Å². The number of halogens is 1. The zero-order valence-electron chi connectivity index (χ0n) is 8.29. The van der Waals surface area contributed by atoms with Crippen LogP contribution in [-0.4, -0.2) is 5.96 Å². The Kier molecular flexibility index (Phi) is 3.74. The summed E-state index contributed by atoms with van der Waals surface area (Å²) in [7, 11) is 0. The predicted molar refractivity (Wildman–Crippen MR) is 68.7 cm³/mol. The van der Waals surface area contributed by atoms with Crippen LogP contribution in [0.4, 0.5) is 5.69 Å². The van der Waals surface area contributed by atoms with Crippen molar-refractivity contribution in [2.24, 2.45) is 16.5 Å². The van der Waals surface area contributed by atoms with E-state index in [1.165, 1.54) is 5.56 Å². The number of hydrogen-bond donors (Lipinski definition) is 2. The topological polar surface area (TPSA) is 64.4 Å². The molecule has 1 aromatic rings. The Morgan fingerprint density at radius 2 is 2.00 bits per heavy atom. The van der Waals surface area contributed by atoms with Gasteiger partial charge in [0.2, 0.25) is 0 Å². The van der Waals surface area contributed by atoms with Gasteiger partial charge in [-0.25, -0.2) is 4.99 Å². The van der Waals surface area contributed by atoms with Crippen LogP contribution in [0.15, 0.2) is 23.2 Å². The van der Waals surface area contributed by atoms with E-state index >= 15 is 0 Å². The maximum atomic E-state index is 5.32. The number of benzene rings is 1. The van der Waals surface area contributed by atoms with Crippen LogP contribution in [0.5, 0.6) is 0 Å². The van der Waals surface area contributed by atoms with Gasteiger partial charge in [0.05, 0.1) is 5.69 Å². The molecule has 0 aliphatic carbocycles. The fourth-order valence-corrected chi connectivity index (χ4v) is 1.77. The third-order valence-corrected chi connectivity index (χ3v) is 2.75. The van der Waals surface area contributed by atoms with Crippen LogP contribution in [0.3, 0.4) is 0 Å². The summed E-state index contributed by atoms with van der Waals surface area (Å²) in [4.78, 5) is 4.02. The Morgan fingerprint density at radius 1 is 1.36 bits per heavy atom. The highest BCUT2D eigenvalue weighted by atomic mass is 127. The summed E-state index contributed by atoms with van der Waals surface area (Å²) in [6.45, 7) is 4.32. The molecule has 0 fully saturated rings. The molecule has 0 aromatic heterocycles. The average molecular weight is 303 g/mol. The molecule has 0 atom stereocenters. The van der Waals surface area contributed by atoms with Gasteiger partial charge < -0.3 is 11.5 Å². The second-order valence-corrected chi connectivity index (χ2v) is 4.56. The van der Waals surface area contributed by atoms with Gasteiger partial charge >= 0.3 is 0 Å². The number of aliphatic imine (C=N–C) groups is 1. The first-order valence-corrected chi connectivity index (χ1v) is 5.47. The van der Waals surface area contributed by atoms with E-state index < -0.39 is 0 Å². The minimum Gasteiger partial charge on any atom is -0.370 e.